The van der Waals surface area contributed by atoms with Crippen molar-refractivity contribution < 1.29 is 9.18 Å². The molecule has 0 saturated heterocycles. The van der Waals surface area contributed by atoms with Crippen LogP contribution in [0, 0.1) is 18.2 Å². The van der Waals surface area contributed by atoms with Gasteiger partial charge in [-0.2, -0.15) is 10.2 Å². The number of nitrogens with one attached hydrogen (secondary N) is 1. The number of carbonyl (C=O) groups is 1. The Balaban J connectivity index is 1.84. The van der Waals surface area contributed by atoms with Gasteiger partial charge in [0.2, 0.25) is 11.6 Å². The SMILES string of the molecule is C#CCCC1(CC(=O)NCc2cc(Br)ccc2F)N=N1. The molecule has 1 aliphatic heterocycles. The molecule has 0 saturated carbocycles. The summed E-state index contributed by atoms with van der Waals surface area (Å²) in [6.45, 7) is 0.134. The molecule has 0 aliphatic carbocycles. The predicted octanol–water partition coefficient (Wildman–Crippen LogP) is 3.17. The van der Waals surface area contributed by atoms with Gasteiger partial charge in [0.15, 0.2) is 0 Å². The Labute approximate surface area is 125 Å². The minimum absolute atomic E-state index is 0.134. The fourth-order valence-corrected chi connectivity index (χ4v) is 2.20. The first kappa shape index (κ1) is 14.7. The van der Waals surface area contributed by atoms with E-state index in [1.165, 1.54) is 6.07 Å². The molecule has 0 spiro atoms. The highest BCUT2D eigenvalue weighted by atomic mass is 79.9. The molecule has 1 N–H and O–H groups in total. The Bertz CT molecular complexity index is 589. The maximum Gasteiger partial charge on any atom is 0.224 e. The summed E-state index contributed by atoms with van der Waals surface area (Å²) in [6.07, 6.45) is 6.44. The van der Waals surface area contributed by atoms with Gasteiger partial charge < -0.3 is 5.32 Å². The Morgan fingerprint density at radius 3 is 2.90 bits per heavy atom. The molecular formula is C14H13BrFN3O. The van der Waals surface area contributed by atoms with Crippen LogP contribution < -0.4 is 5.32 Å². The van der Waals surface area contributed by atoms with Crippen LogP contribution >= 0.6 is 15.9 Å². The quantitative estimate of drug-likeness (QED) is 0.796. The Morgan fingerprint density at radius 1 is 1.50 bits per heavy atom. The van der Waals surface area contributed by atoms with Gasteiger partial charge in [0, 0.05) is 29.4 Å². The predicted molar refractivity (Wildman–Crippen MR) is 76.2 cm³/mol. The van der Waals surface area contributed by atoms with Crippen molar-refractivity contribution in [1.29, 1.82) is 0 Å². The molecule has 0 unspecified atom stereocenters. The molecule has 6 heteroatoms. The van der Waals surface area contributed by atoms with Crippen LogP contribution in [0.4, 0.5) is 4.39 Å². The highest BCUT2D eigenvalue weighted by molar-refractivity contribution is 9.10. The number of terminal acetylenes is 1. The van der Waals surface area contributed by atoms with Gasteiger partial charge in [0.05, 0.1) is 6.42 Å². The molecule has 0 aromatic heterocycles. The minimum atomic E-state index is -0.647. The van der Waals surface area contributed by atoms with Gasteiger partial charge in [-0.1, -0.05) is 15.9 Å². The van der Waals surface area contributed by atoms with Gasteiger partial charge in [0.25, 0.3) is 0 Å². The zero-order valence-electron chi connectivity index (χ0n) is 10.7. The zero-order valence-corrected chi connectivity index (χ0v) is 12.3. The van der Waals surface area contributed by atoms with Crippen LogP contribution in [-0.4, -0.2) is 11.6 Å². The lowest BCUT2D eigenvalue weighted by Crippen LogP contribution is -2.29. The highest BCUT2D eigenvalue weighted by Crippen LogP contribution is 2.36. The summed E-state index contributed by atoms with van der Waals surface area (Å²) >= 11 is 3.26. The number of halogens is 2. The lowest BCUT2D eigenvalue weighted by molar-refractivity contribution is -0.121. The number of nitrogens with zero attached hydrogens (tertiary/aromatic N) is 2. The first-order valence-electron chi connectivity index (χ1n) is 6.13. The number of carbonyl (C=O) groups excluding carboxylic acids is 1. The van der Waals surface area contributed by atoms with E-state index in [1.54, 1.807) is 12.1 Å². The van der Waals surface area contributed by atoms with Gasteiger partial charge in [-0.05, 0) is 18.2 Å². The molecule has 20 heavy (non-hydrogen) atoms. The molecule has 2 rings (SSSR count). The maximum atomic E-state index is 13.5. The van der Waals surface area contributed by atoms with Crippen LogP contribution in [0.25, 0.3) is 0 Å². The summed E-state index contributed by atoms with van der Waals surface area (Å²) in [5.74, 6) is 1.94. The first-order valence-corrected chi connectivity index (χ1v) is 6.92. The van der Waals surface area contributed by atoms with Gasteiger partial charge in [-0.25, -0.2) is 4.39 Å². The van der Waals surface area contributed by atoms with Crippen molar-refractivity contribution in [3.8, 4) is 12.3 Å². The van der Waals surface area contributed by atoms with Crippen molar-refractivity contribution in [3.63, 3.8) is 0 Å². The molecule has 0 radical (unpaired) electrons. The van der Waals surface area contributed by atoms with E-state index >= 15 is 0 Å². The molecule has 1 amide bonds. The smallest absolute Gasteiger partial charge is 0.224 e. The lowest BCUT2D eigenvalue weighted by atomic mass is 10.0. The number of rotatable bonds is 6. The molecule has 1 aromatic rings. The molecule has 4 nitrogen and oxygen atoms in total. The molecule has 1 heterocycles. The largest absolute Gasteiger partial charge is 0.352 e. The standard InChI is InChI=1S/C14H13BrFN3O/c1-2-3-6-14(18-19-14)8-13(20)17-9-10-7-11(15)4-5-12(10)16/h1,4-5,7H,3,6,8-9H2,(H,17,20). The maximum absolute atomic E-state index is 13.5. The Hall–Kier alpha value is -1.74. The third kappa shape index (κ3) is 3.87. The first-order chi connectivity index (χ1) is 9.54. The van der Waals surface area contributed by atoms with E-state index in [1.807, 2.05) is 0 Å². The number of hydrogen-bond donors (Lipinski definition) is 1. The van der Waals surface area contributed by atoms with E-state index in [9.17, 15) is 9.18 Å². The summed E-state index contributed by atoms with van der Waals surface area (Å²) in [4.78, 5) is 11.8. The molecule has 0 bridgehead atoms. The average molecular weight is 338 g/mol. The second kappa shape index (κ2) is 6.14. The normalized spacial score (nSPS) is 14.7. The van der Waals surface area contributed by atoms with E-state index < -0.39 is 5.66 Å². The van der Waals surface area contributed by atoms with Crippen LogP contribution in [-0.2, 0) is 11.3 Å². The summed E-state index contributed by atoms with van der Waals surface area (Å²) in [7, 11) is 0. The molecule has 0 fully saturated rings. The van der Waals surface area contributed by atoms with Crippen LogP contribution in [0.2, 0.25) is 0 Å². The lowest BCUT2D eigenvalue weighted by Gasteiger charge is -2.10. The second-order valence-electron chi connectivity index (χ2n) is 4.58. The molecule has 0 atom stereocenters. The van der Waals surface area contributed by atoms with E-state index in [-0.39, 0.29) is 24.7 Å². The van der Waals surface area contributed by atoms with E-state index in [0.717, 1.165) is 4.47 Å². The monoisotopic (exact) mass is 337 g/mol. The van der Waals surface area contributed by atoms with Crippen LogP contribution in [0.15, 0.2) is 32.9 Å². The van der Waals surface area contributed by atoms with Crippen molar-refractivity contribution in [2.24, 2.45) is 10.2 Å². The van der Waals surface area contributed by atoms with Gasteiger partial charge in [0.1, 0.15) is 5.82 Å². The summed E-state index contributed by atoms with van der Waals surface area (Å²) in [5, 5.41) is 10.4. The topological polar surface area (TPSA) is 53.8 Å². The third-order valence-electron chi connectivity index (χ3n) is 2.98. The van der Waals surface area contributed by atoms with Crippen LogP contribution in [0.3, 0.4) is 0 Å². The van der Waals surface area contributed by atoms with Crippen molar-refractivity contribution in [2.75, 3.05) is 0 Å². The fourth-order valence-electron chi connectivity index (χ4n) is 1.79. The molecular weight excluding hydrogens is 325 g/mol. The van der Waals surface area contributed by atoms with Crippen LogP contribution in [0.1, 0.15) is 24.8 Å². The average Bonchev–Trinajstić information content (AvgIpc) is 3.17. The Kier molecular flexibility index (Phi) is 4.50. The third-order valence-corrected chi connectivity index (χ3v) is 3.47. The van der Waals surface area contributed by atoms with E-state index in [0.29, 0.717) is 18.4 Å². The van der Waals surface area contributed by atoms with E-state index in [4.69, 9.17) is 6.42 Å². The number of hydrogen-bond acceptors (Lipinski definition) is 3. The molecule has 104 valence electrons. The Morgan fingerprint density at radius 2 is 2.25 bits per heavy atom. The van der Waals surface area contributed by atoms with Gasteiger partial charge >= 0.3 is 0 Å². The summed E-state index contributed by atoms with van der Waals surface area (Å²) in [5.41, 5.74) is -0.221. The second-order valence-corrected chi connectivity index (χ2v) is 5.49. The van der Waals surface area contributed by atoms with Crippen LogP contribution in [0.5, 0.6) is 0 Å². The van der Waals surface area contributed by atoms with Gasteiger partial charge in [-0.3, -0.25) is 4.79 Å². The number of amides is 1. The number of benzene rings is 1. The fraction of sp³-hybridized carbons (Fsp3) is 0.357. The zero-order chi connectivity index (χ0) is 14.6. The minimum Gasteiger partial charge on any atom is -0.352 e. The van der Waals surface area contributed by atoms with Gasteiger partial charge in [-0.15, -0.1) is 12.3 Å². The van der Waals surface area contributed by atoms with Crippen molar-refractivity contribution in [3.05, 3.63) is 34.1 Å². The van der Waals surface area contributed by atoms with Crippen molar-refractivity contribution in [2.45, 2.75) is 31.5 Å². The van der Waals surface area contributed by atoms with Crippen molar-refractivity contribution >= 4 is 21.8 Å². The highest BCUT2D eigenvalue weighted by Gasteiger charge is 2.41. The summed E-state index contributed by atoms with van der Waals surface area (Å²) < 4.78 is 14.3. The summed E-state index contributed by atoms with van der Waals surface area (Å²) in [6, 6.07) is 4.60. The van der Waals surface area contributed by atoms with Crippen molar-refractivity contribution in [1.82, 2.24) is 5.32 Å². The molecule has 1 aromatic carbocycles. The van der Waals surface area contributed by atoms with E-state index in [2.05, 4.69) is 37.4 Å². The molecule has 1 aliphatic rings.